The molecule has 0 aromatic heterocycles. The van der Waals surface area contributed by atoms with Gasteiger partial charge in [0.25, 0.3) is 5.91 Å². The third-order valence-electron chi connectivity index (χ3n) is 2.67. The van der Waals surface area contributed by atoms with Crippen molar-refractivity contribution in [1.29, 1.82) is 0 Å². The van der Waals surface area contributed by atoms with Crippen molar-refractivity contribution >= 4 is 23.9 Å². The maximum absolute atomic E-state index is 12.0. The second kappa shape index (κ2) is 6.55. The molecule has 7 heteroatoms. The number of ether oxygens (including phenoxy) is 1. The number of nitrogens with zero attached hydrogens (tertiary/aromatic N) is 1. The number of carbonyl (C=O) groups is 2. The molecule has 3 N–H and O–H groups in total. The highest BCUT2D eigenvalue weighted by atomic mass is 32.2. The van der Waals surface area contributed by atoms with Crippen LogP contribution >= 0.6 is 12.1 Å². The number of hydrogen-bond donors (Lipinski definition) is 2. The van der Waals surface area contributed by atoms with Gasteiger partial charge in [0.15, 0.2) is 0 Å². The van der Waals surface area contributed by atoms with Crippen molar-refractivity contribution in [3.8, 4) is 0 Å². The quantitative estimate of drug-likeness (QED) is 0.781. The predicted octanol–water partition coefficient (Wildman–Crippen LogP) is 0.411. The second-order valence-corrected chi connectivity index (χ2v) is 4.88. The topological polar surface area (TPSA) is 84.7 Å². The molecular weight excluding hydrogens is 266 g/mol. The van der Waals surface area contributed by atoms with Gasteiger partial charge in [0, 0.05) is 25.2 Å². The number of primary amides is 1. The zero-order valence-electron chi connectivity index (χ0n) is 10.3. The van der Waals surface area contributed by atoms with Crippen molar-refractivity contribution in [3.05, 3.63) is 35.4 Å². The van der Waals surface area contributed by atoms with Crippen LogP contribution in [0.5, 0.6) is 0 Å². The van der Waals surface area contributed by atoms with Crippen LogP contribution in [-0.4, -0.2) is 42.4 Å². The summed E-state index contributed by atoms with van der Waals surface area (Å²) in [6, 6.07) is 6.48. The molecule has 0 unspecified atom stereocenters. The van der Waals surface area contributed by atoms with Gasteiger partial charge in [0.05, 0.1) is 24.3 Å². The fourth-order valence-electron chi connectivity index (χ4n) is 1.69. The van der Waals surface area contributed by atoms with Crippen LogP contribution in [0.15, 0.2) is 24.3 Å². The maximum Gasteiger partial charge on any atom is 0.262 e. The SMILES string of the molecule is NC(=O)c1ccccc1C(=O)NSN1CCOCC1. The first-order chi connectivity index (χ1) is 9.18. The van der Waals surface area contributed by atoms with Gasteiger partial charge in [-0.2, -0.15) is 0 Å². The molecule has 0 spiro atoms. The van der Waals surface area contributed by atoms with E-state index >= 15 is 0 Å². The molecule has 0 atom stereocenters. The van der Waals surface area contributed by atoms with Gasteiger partial charge in [-0.05, 0) is 12.1 Å². The fraction of sp³-hybridized carbons (Fsp3) is 0.333. The molecule has 1 fully saturated rings. The Labute approximate surface area is 115 Å². The lowest BCUT2D eigenvalue weighted by molar-refractivity contribution is 0.0765. The monoisotopic (exact) mass is 281 g/mol. The minimum Gasteiger partial charge on any atom is -0.379 e. The molecule has 1 aromatic carbocycles. The summed E-state index contributed by atoms with van der Waals surface area (Å²) >= 11 is 1.22. The first kappa shape index (κ1) is 13.9. The molecular formula is C12H15N3O3S. The first-order valence-electron chi connectivity index (χ1n) is 5.87. The average Bonchev–Trinajstić information content (AvgIpc) is 2.46. The van der Waals surface area contributed by atoms with Gasteiger partial charge in [0.2, 0.25) is 5.91 Å². The van der Waals surface area contributed by atoms with Crippen molar-refractivity contribution in [2.45, 2.75) is 0 Å². The minimum absolute atomic E-state index is 0.225. The third-order valence-corrected chi connectivity index (χ3v) is 3.57. The van der Waals surface area contributed by atoms with Crippen LogP contribution in [0.4, 0.5) is 0 Å². The standard InChI is InChI=1S/C12H15N3O3S/c13-11(16)9-3-1-2-4-10(9)12(17)14-19-15-5-7-18-8-6-15/h1-4H,5-8H2,(H2,13,16)(H,14,17). The Hall–Kier alpha value is -1.57. The van der Waals surface area contributed by atoms with Crippen molar-refractivity contribution in [1.82, 2.24) is 9.03 Å². The molecule has 1 aromatic rings. The summed E-state index contributed by atoms with van der Waals surface area (Å²) in [5, 5.41) is 0. The summed E-state index contributed by atoms with van der Waals surface area (Å²) in [6.07, 6.45) is 0. The number of morpholine rings is 1. The summed E-state index contributed by atoms with van der Waals surface area (Å²) in [5.41, 5.74) is 5.75. The lowest BCUT2D eigenvalue weighted by Gasteiger charge is -2.24. The Morgan fingerprint density at radius 2 is 1.84 bits per heavy atom. The molecule has 102 valence electrons. The Bertz CT molecular complexity index is 475. The Balaban J connectivity index is 1.97. The van der Waals surface area contributed by atoms with E-state index in [-0.39, 0.29) is 17.0 Å². The first-order valence-corrected chi connectivity index (χ1v) is 6.64. The van der Waals surface area contributed by atoms with Crippen LogP contribution in [-0.2, 0) is 4.74 Å². The van der Waals surface area contributed by atoms with E-state index in [9.17, 15) is 9.59 Å². The van der Waals surface area contributed by atoms with E-state index < -0.39 is 5.91 Å². The van der Waals surface area contributed by atoms with Gasteiger partial charge in [-0.3, -0.25) is 14.3 Å². The number of amides is 2. The Morgan fingerprint density at radius 1 is 1.21 bits per heavy atom. The average molecular weight is 281 g/mol. The predicted molar refractivity (Wildman–Crippen MR) is 72.4 cm³/mol. The number of nitrogens with two attached hydrogens (primary N) is 1. The number of rotatable bonds is 4. The zero-order chi connectivity index (χ0) is 13.7. The van der Waals surface area contributed by atoms with Crippen LogP contribution < -0.4 is 10.5 Å². The number of benzene rings is 1. The zero-order valence-corrected chi connectivity index (χ0v) is 11.1. The molecule has 0 aliphatic carbocycles. The summed E-state index contributed by atoms with van der Waals surface area (Å²) < 4.78 is 9.91. The molecule has 1 heterocycles. The maximum atomic E-state index is 12.0. The number of hydrogen-bond acceptors (Lipinski definition) is 5. The van der Waals surface area contributed by atoms with Gasteiger partial charge >= 0.3 is 0 Å². The number of nitrogens with one attached hydrogen (secondary N) is 1. The van der Waals surface area contributed by atoms with Gasteiger partial charge < -0.3 is 10.5 Å². The van der Waals surface area contributed by atoms with Crippen LogP contribution in [0.1, 0.15) is 20.7 Å². The highest BCUT2D eigenvalue weighted by molar-refractivity contribution is 7.95. The second-order valence-electron chi connectivity index (χ2n) is 3.97. The molecule has 19 heavy (non-hydrogen) atoms. The van der Waals surface area contributed by atoms with E-state index in [1.807, 2.05) is 4.31 Å². The molecule has 1 saturated heterocycles. The molecule has 1 aliphatic heterocycles. The molecule has 0 bridgehead atoms. The molecule has 0 radical (unpaired) electrons. The van der Waals surface area contributed by atoms with Crippen LogP contribution in [0.3, 0.4) is 0 Å². The Kier molecular flexibility index (Phi) is 4.78. The van der Waals surface area contributed by atoms with Crippen LogP contribution in [0.2, 0.25) is 0 Å². The van der Waals surface area contributed by atoms with Crippen molar-refractivity contribution in [2.75, 3.05) is 26.3 Å². The highest BCUT2D eigenvalue weighted by Gasteiger charge is 2.17. The Morgan fingerprint density at radius 3 is 2.47 bits per heavy atom. The summed E-state index contributed by atoms with van der Waals surface area (Å²) in [6.45, 7) is 2.81. The largest absolute Gasteiger partial charge is 0.379 e. The molecule has 6 nitrogen and oxygen atoms in total. The summed E-state index contributed by atoms with van der Waals surface area (Å²) in [7, 11) is 0. The molecule has 1 aliphatic rings. The van der Waals surface area contributed by atoms with E-state index in [2.05, 4.69) is 4.72 Å². The van der Waals surface area contributed by atoms with Crippen molar-refractivity contribution in [3.63, 3.8) is 0 Å². The van der Waals surface area contributed by atoms with Crippen molar-refractivity contribution in [2.24, 2.45) is 5.73 Å². The van der Waals surface area contributed by atoms with E-state index in [0.717, 1.165) is 13.1 Å². The minimum atomic E-state index is -0.609. The van der Waals surface area contributed by atoms with Crippen LogP contribution in [0, 0.1) is 0 Å². The van der Waals surface area contributed by atoms with Gasteiger partial charge in [0.1, 0.15) is 0 Å². The van der Waals surface area contributed by atoms with Gasteiger partial charge in [-0.15, -0.1) is 0 Å². The molecule has 0 saturated carbocycles. The van der Waals surface area contributed by atoms with Gasteiger partial charge in [-0.1, -0.05) is 12.1 Å². The summed E-state index contributed by atoms with van der Waals surface area (Å²) in [5.74, 6) is -0.937. The molecule has 2 amide bonds. The fourth-order valence-corrected chi connectivity index (χ4v) is 2.35. The normalized spacial score (nSPS) is 16.0. The third kappa shape index (κ3) is 3.69. The van der Waals surface area contributed by atoms with E-state index in [1.54, 1.807) is 18.2 Å². The van der Waals surface area contributed by atoms with Crippen LogP contribution in [0.25, 0.3) is 0 Å². The summed E-state index contributed by atoms with van der Waals surface area (Å²) in [4.78, 5) is 23.3. The lowest BCUT2D eigenvalue weighted by atomic mass is 10.1. The van der Waals surface area contributed by atoms with Gasteiger partial charge in [-0.25, -0.2) is 4.31 Å². The smallest absolute Gasteiger partial charge is 0.262 e. The molecule has 2 rings (SSSR count). The van der Waals surface area contributed by atoms with E-state index in [4.69, 9.17) is 10.5 Å². The van der Waals surface area contributed by atoms with E-state index in [0.29, 0.717) is 13.2 Å². The lowest BCUT2D eigenvalue weighted by Crippen LogP contribution is -2.35. The highest BCUT2D eigenvalue weighted by Crippen LogP contribution is 2.12. The van der Waals surface area contributed by atoms with Crippen molar-refractivity contribution < 1.29 is 14.3 Å². The number of carbonyl (C=O) groups excluding carboxylic acids is 2. The van der Waals surface area contributed by atoms with E-state index in [1.165, 1.54) is 18.2 Å².